The molecular weight excluding hydrogens is 461 g/mol. The van der Waals surface area contributed by atoms with Crippen molar-refractivity contribution in [1.82, 2.24) is 4.90 Å². The van der Waals surface area contributed by atoms with E-state index in [9.17, 15) is 9.90 Å². The van der Waals surface area contributed by atoms with Gasteiger partial charge in [-0.1, -0.05) is 69.5 Å². The summed E-state index contributed by atoms with van der Waals surface area (Å²) in [5.74, 6) is -0.240. The quantitative estimate of drug-likeness (QED) is 0.491. The Morgan fingerprint density at radius 2 is 1.54 bits per heavy atom. The van der Waals surface area contributed by atoms with E-state index in [1.807, 2.05) is 25.1 Å². The Balaban J connectivity index is 1.91. The molecule has 142 valence electrons. The van der Waals surface area contributed by atoms with E-state index in [-0.39, 0.29) is 5.91 Å². The maximum Gasteiger partial charge on any atom is 0.257 e. The Labute approximate surface area is 181 Å². The second kappa shape index (κ2) is 7.20. The molecule has 0 saturated heterocycles. The summed E-state index contributed by atoms with van der Waals surface area (Å²) < 4.78 is 0.777. The van der Waals surface area contributed by atoms with E-state index in [2.05, 4.69) is 15.9 Å². The van der Waals surface area contributed by atoms with Crippen LogP contribution in [0.3, 0.4) is 0 Å². The molecule has 0 bridgehead atoms. The average Bonchev–Trinajstić information content (AvgIpc) is 2.90. The zero-order chi connectivity index (χ0) is 20.1. The van der Waals surface area contributed by atoms with Crippen LogP contribution in [0.25, 0.3) is 0 Å². The van der Waals surface area contributed by atoms with E-state index in [4.69, 9.17) is 23.2 Å². The van der Waals surface area contributed by atoms with Crippen molar-refractivity contribution in [2.75, 3.05) is 0 Å². The van der Waals surface area contributed by atoms with E-state index < -0.39 is 11.8 Å². The van der Waals surface area contributed by atoms with Crippen LogP contribution in [0.4, 0.5) is 0 Å². The van der Waals surface area contributed by atoms with Gasteiger partial charge in [0.25, 0.3) is 5.91 Å². The molecule has 1 amide bonds. The number of aliphatic hydroxyl groups is 1. The summed E-state index contributed by atoms with van der Waals surface area (Å²) in [4.78, 5) is 14.9. The first kappa shape index (κ1) is 19.5. The SMILES string of the molecule is C[C@@H](c1ccc(Cl)cc1)N1C(=O)c2cc(Br)ccc2[C@]1(O)c1ccc(Cl)cc1. The molecule has 3 aromatic rings. The molecule has 2 atom stereocenters. The van der Waals surface area contributed by atoms with Crippen LogP contribution in [0.1, 0.15) is 40.0 Å². The summed E-state index contributed by atoms with van der Waals surface area (Å²) >= 11 is 15.5. The van der Waals surface area contributed by atoms with Crippen molar-refractivity contribution in [3.8, 4) is 0 Å². The van der Waals surface area contributed by atoms with E-state index >= 15 is 0 Å². The first-order valence-corrected chi connectivity index (χ1v) is 10.2. The highest BCUT2D eigenvalue weighted by atomic mass is 79.9. The molecule has 0 saturated carbocycles. The zero-order valence-corrected chi connectivity index (χ0v) is 18.0. The van der Waals surface area contributed by atoms with Gasteiger partial charge in [0.1, 0.15) is 0 Å². The smallest absolute Gasteiger partial charge is 0.257 e. The highest BCUT2D eigenvalue weighted by molar-refractivity contribution is 9.10. The second-order valence-corrected chi connectivity index (χ2v) is 8.56. The fourth-order valence-corrected chi connectivity index (χ4v) is 4.34. The van der Waals surface area contributed by atoms with Crippen molar-refractivity contribution >= 4 is 45.0 Å². The van der Waals surface area contributed by atoms with Gasteiger partial charge in [-0.25, -0.2) is 0 Å². The van der Waals surface area contributed by atoms with E-state index in [0.29, 0.717) is 26.7 Å². The number of carbonyl (C=O) groups is 1. The van der Waals surface area contributed by atoms with Crippen LogP contribution >= 0.6 is 39.1 Å². The summed E-state index contributed by atoms with van der Waals surface area (Å²) in [6.07, 6.45) is 0. The molecule has 28 heavy (non-hydrogen) atoms. The molecule has 1 heterocycles. The van der Waals surface area contributed by atoms with Gasteiger partial charge in [-0.3, -0.25) is 9.69 Å². The molecule has 3 nitrogen and oxygen atoms in total. The van der Waals surface area contributed by atoms with E-state index in [1.165, 1.54) is 4.90 Å². The lowest BCUT2D eigenvalue weighted by molar-refractivity contribution is -0.0677. The van der Waals surface area contributed by atoms with Crippen LogP contribution in [-0.4, -0.2) is 15.9 Å². The molecule has 0 spiro atoms. The van der Waals surface area contributed by atoms with Gasteiger partial charge in [-0.2, -0.15) is 0 Å². The monoisotopic (exact) mass is 475 g/mol. The van der Waals surface area contributed by atoms with Crippen LogP contribution in [-0.2, 0) is 5.72 Å². The standard InChI is InChI=1S/C22H16BrCl2NO2/c1-13(14-2-7-17(24)8-3-14)26-21(27)19-12-16(23)6-11-20(19)22(26,28)15-4-9-18(25)10-5-15/h2-13,28H,1H3/t13-,22+/m0/s1. The number of halogens is 3. The summed E-state index contributed by atoms with van der Waals surface area (Å²) in [5, 5.41) is 13.1. The summed E-state index contributed by atoms with van der Waals surface area (Å²) in [7, 11) is 0. The van der Waals surface area contributed by atoms with Crippen molar-refractivity contribution < 1.29 is 9.90 Å². The Morgan fingerprint density at radius 1 is 0.964 bits per heavy atom. The number of nitrogens with zero attached hydrogens (tertiary/aromatic N) is 1. The normalized spacial score (nSPS) is 19.6. The molecule has 1 N–H and O–H groups in total. The van der Waals surface area contributed by atoms with Gasteiger partial charge in [0.05, 0.1) is 6.04 Å². The van der Waals surface area contributed by atoms with Crippen LogP contribution in [0.2, 0.25) is 10.0 Å². The molecule has 1 aliphatic rings. The second-order valence-electron chi connectivity index (χ2n) is 6.77. The van der Waals surface area contributed by atoms with Crippen molar-refractivity contribution in [3.63, 3.8) is 0 Å². The van der Waals surface area contributed by atoms with Crippen molar-refractivity contribution in [2.24, 2.45) is 0 Å². The lowest BCUT2D eigenvalue weighted by Gasteiger charge is -2.39. The van der Waals surface area contributed by atoms with Crippen molar-refractivity contribution in [3.05, 3.63) is 104 Å². The Hall–Kier alpha value is -1.85. The highest BCUT2D eigenvalue weighted by Crippen LogP contribution is 2.47. The molecule has 0 radical (unpaired) electrons. The number of amides is 1. The van der Waals surface area contributed by atoms with Gasteiger partial charge in [-0.05, 0) is 48.9 Å². The van der Waals surface area contributed by atoms with Gasteiger partial charge in [0.15, 0.2) is 5.72 Å². The molecule has 4 rings (SSSR count). The Morgan fingerprint density at radius 3 is 2.14 bits per heavy atom. The first-order chi connectivity index (χ1) is 13.3. The van der Waals surface area contributed by atoms with Crippen LogP contribution in [0.5, 0.6) is 0 Å². The fraction of sp³-hybridized carbons (Fsp3) is 0.136. The molecule has 0 fully saturated rings. The molecule has 6 heteroatoms. The minimum Gasteiger partial charge on any atom is -0.363 e. The van der Waals surface area contributed by atoms with Crippen molar-refractivity contribution in [2.45, 2.75) is 18.7 Å². The van der Waals surface area contributed by atoms with Gasteiger partial charge in [-0.15, -0.1) is 0 Å². The summed E-state index contributed by atoms with van der Waals surface area (Å²) in [6, 6.07) is 19.1. The molecule has 0 aliphatic carbocycles. The van der Waals surface area contributed by atoms with Gasteiger partial charge in [0.2, 0.25) is 0 Å². The number of fused-ring (bicyclic) bond motifs is 1. The third-order valence-electron chi connectivity index (χ3n) is 5.14. The number of hydrogen-bond donors (Lipinski definition) is 1. The van der Waals surface area contributed by atoms with Gasteiger partial charge >= 0.3 is 0 Å². The van der Waals surface area contributed by atoms with Gasteiger partial charge in [0, 0.05) is 31.2 Å². The summed E-state index contributed by atoms with van der Waals surface area (Å²) in [5.41, 5.74) is 0.845. The fourth-order valence-electron chi connectivity index (χ4n) is 3.73. The predicted octanol–water partition coefficient (Wildman–Crippen LogP) is 6.17. The molecular formula is C22H16BrCl2NO2. The highest BCUT2D eigenvalue weighted by Gasteiger charge is 2.52. The lowest BCUT2D eigenvalue weighted by Crippen LogP contribution is -2.46. The minimum absolute atomic E-state index is 0.240. The lowest BCUT2D eigenvalue weighted by atomic mass is 9.92. The number of hydrogen-bond acceptors (Lipinski definition) is 2. The Kier molecular flexibility index (Phi) is 5.00. The minimum atomic E-state index is -1.61. The molecule has 0 unspecified atom stereocenters. The number of rotatable bonds is 3. The van der Waals surface area contributed by atoms with Crippen LogP contribution in [0.15, 0.2) is 71.2 Å². The summed E-state index contributed by atoms with van der Waals surface area (Å²) in [6.45, 7) is 1.89. The topological polar surface area (TPSA) is 40.5 Å². The first-order valence-electron chi connectivity index (χ1n) is 8.70. The maximum absolute atomic E-state index is 13.4. The van der Waals surface area contributed by atoms with E-state index in [0.717, 1.165) is 10.0 Å². The van der Waals surface area contributed by atoms with Crippen LogP contribution in [0, 0.1) is 0 Å². The molecule has 0 aromatic heterocycles. The number of benzene rings is 3. The zero-order valence-electron chi connectivity index (χ0n) is 14.9. The third kappa shape index (κ3) is 3.05. The van der Waals surface area contributed by atoms with Crippen LogP contribution < -0.4 is 0 Å². The maximum atomic E-state index is 13.4. The largest absolute Gasteiger partial charge is 0.363 e. The molecule has 1 aliphatic heterocycles. The van der Waals surface area contributed by atoms with Crippen molar-refractivity contribution in [1.29, 1.82) is 0 Å². The van der Waals surface area contributed by atoms with Gasteiger partial charge < -0.3 is 5.11 Å². The predicted molar refractivity (Wildman–Crippen MR) is 115 cm³/mol. The third-order valence-corrected chi connectivity index (χ3v) is 6.14. The average molecular weight is 477 g/mol. The Bertz CT molecular complexity index is 1050. The number of carbonyl (C=O) groups excluding carboxylic acids is 1. The molecule has 3 aromatic carbocycles. The van der Waals surface area contributed by atoms with E-state index in [1.54, 1.807) is 48.5 Å².